The topological polar surface area (TPSA) is 9.23 Å². The summed E-state index contributed by atoms with van der Waals surface area (Å²) >= 11 is 0. The smallest absolute Gasteiger partial charge is 0.122 e. The molecule has 1 nitrogen and oxygen atoms in total. The van der Waals surface area contributed by atoms with Gasteiger partial charge in [0.05, 0.1) is 0 Å². The Morgan fingerprint density at radius 2 is 1.62 bits per heavy atom. The van der Waals surface area contributed by atoms with E-state index in [1.54, 1.807) is 0 Å². The third-order valence-corrected chi connectivity index (χ3v) is 5.98. The average molecular weight is 351 g/mol. The van der Waals surface area contributed by atoms with E-state index in [4.69, 9.17) is 4.74 Å². The van der Waals surface area contributed by atoms with Gasteiger partial charge in [-0.1, -0.05) is 81.5 Å². The predicted octanol–water partition coefficient (Wildman–Crippen LogP) is 7.11. The van der Waals surface area contributed by atoms with Crippen LogP contribution in [0.4, 0.5) is 0 Å². The van der Waals surface area contributed by atoms with Crippen LogP contribution in [0.3, 0.4) is 0 Å². The molecule has 0 heterocycles. The van der Waals surface area contributed by atoms with E-state index in [0.717, 1.165) is 24.0 Å². The Morgan fingerprint density at radius 1 is 0.923 bits per heavy atom. The normalized spacial score (nSPS) is 16.4. The first-order valence-corrected chi connectivity index (χ1v) is 10.5. The van der Waals surface area contributed by atoms with Gasteiger partial charge in [-0.15, -0.1) is 0 Å². The van der Waals surface area contributed by atoms with Crippen molar-refractivity contribution in [3.63, 3.8) is 0 Å². The second-order valence-corrected chi connectivity index (χ2v) is 8.21. The van der Waals surface area contributed by atoms with Crippen LogP contribution >= 0.6 is 0 Å². The van der Waals surface area contributed by atoms with E-state index in [0.29, 0.717) is 6.61 Å². The lowest BCUT2D eigenvalue weighted by Crippen LogP contribution is -2.11. The minimum absolute atomic E-state index is 0.654. The number of hydrogen-bond acceptors (Lipinski definition) is 1. The van der Waals surface area contributed by atoms with Crippen LogP contribution in [-0.2, 0) is 13.0 Å². The zero-order chi connectivity index (χ0) is 18.2. The summed E-state index contributed by atoms with van der Waals surface area (Å²) in [4.78, 5) is 0. The van der Waals surface area contributed by atoms with Gasteiger partial charge in [-0.25, -0.2) is 0 Å². The fraction of sp³-hybridized carbons (Fsp3) is 0.520. The van der Waals surface area contributed by atoms with Crippen molar-refractivity contribution in [3.8, 4) is 5.75 Å². The van der Waals surface area contributed by atoms with Gasteiger partial charge in [-0.05, 0) is 60.8 Å². The third kappa shape index (κ3) is 5.62. The van der Waals surface area contributed by atoms with Gasteiger partial charge in [0.25, 0.3) is 0 Å². The Labute approximate surface area is 159 Å². The van der Waals surface area contributed by atoms with Crippen LogP contribution in [-0.4, -0.2) is 0 Å². The fourth-order valence-corrected chi connectivity index (χ4v) is 4.29. The fourth-order valence-electron chi connectivity index (χ4n) is 4.29. The molecule has 26 heavy (non-hydrogen) atoms. The number of hydrogen-bond donors (Lipinski definition) is 0. The SMILES string of the molecule is Cc1ccccc1COc1ccccc1CCC(C)CC1CCCCC1. The number of para-hydroxylation sites is 1. The summed E-state index contributed by atoms with van der Waals surface area (Å²) in [5.41, 5.74) is 3.93. The number of rotatable bonds is 8. The first-order chi connectivity index (χ1) is 12.7. The van der Waals surface area contributed by atoms with Gasteiger partial charge >= 0.3 is 0 Å². The summed E-state index contributed by atoms with van der Waals surface area (Å²) in [5.74, 6) is 2.84. The first-order valence-electron chi connectivity index (χ1n) is 10.5. The number of ether oxygens (including phenoxy) is 1. The van der Waals surface area contributed by atoms with Gasteiger partial charge < -0.3 is 4.74 Å². The van der Waals surface area contributed by atoms with Crippen LogP contribution in [0.2, 0.25) is 0 Å². The quantitative estimate of drug-likeness (QED) is 0.493. The molecule has 0 bridgehead atoms. The van der Waals surface area contributed by atoms with E-state index < -0.39 is 0 Å². The largest absolute Gasteiger partial charge is 0.489 e. The summed E-state index contributed by atoms with van der Waals surface area (Å²) in [5, 5.41) is 0. The average Bonchev–Trinajstić information content (AvgIpc) is 2.67. The lowest BCUT2D eigenvalue weighted by atomic mass is 9.82. The van der Waals surface area contributed by atoms with Crippen molar-refractivity contribution in [2.75, 3.05) is 0 Å². The molecule has 1 aliphatic rings. The maximum Gasteiger partial charge on any atom is 0.122 e. The maximum absolute atomic E-state index is 6.19. The minimum atomic E-state index is 0.654. The second kappa shape index (κ2) is 9.80. The minimum Gasteiger partial charge on any atom is -0.489 e. The van der Waals surface area contributed by atoms with E-state index in [-0.39, 0.29) is 0 Å². The Balaban J connectivity index is 1.52. The van der Waals surface area contributed by atoms with Crippen LogP contribution in [0.25, 0.3) is 0 Å². The molecule has 1 unspecified atom stereocenters. The Morgan fingerprint density at radius 3 is 2.38 bits per heavy atom. The van der Waals surface area contributed by atoms with Gasteiger partial charge in [-0.3, -0.25) is 0 Å². The molecule has 0 aliphatic heterocycles. The Hall–Kier alpha value is -1.76. The predicted molar refractivity (Wildman–Crippen MR) is 111 cm³/mol. The Kier molecular flexibility index (Phi) is 7.17. The molecule has 140 valence electrons. The summed E-state index contributed by atoms with van der Waals surface area (Å²) in [7, 11) is 0. The summed E-state index contributed by atoms with van der Waals surface area (Å²) in [6.07, 6.45) is 11.1. The van der Waals surface area contributed by atoms with E-state index >= 15 is 0 Å². The third-order valence-electron chi connectivity index (χ3n) is 5.98. The molecular formula is C25H34O. The van der Waals surface area contributed by atoms with Crippen molar-refractivity contribution in [1.82, 2.24) is 0 Å². The van der Waals surface area contributed by atoms with Crippen LogP contribution in [0.5, 0.6) is 5.75 Å². The lowest BCUT2D eigenvalue weighted by molar-refractivity contribution is 0.285. The zero-order valence-electron chi connectivity index (χ0n) is 16.5. The standard InChI is InChI=1S/C25H34O/c1-20(18-22-11-4-3-5-12-22)16-17-23-13-8-9-15-25(23)26-19-24-14-7-6-10-21(24)2/h6-10,13-15,20,22H,3-5,11-12,16-19H2,1-2H3. The van der Waals surface area contributed by atoms with Crippen LogP contribution < -0.4 is 4.74 Å². The van der Waals surface area contributed by atoms with Crippen molar-refractivity contribution >= 4 is 0 Å². The molecule has 0 amide bonds. The van der Waals surface area contributed by atoms with Gasteiger partial charge in [0, 0.05) is 0 Å². The second-order valence-electron chi connectivity index (χ2n) is 8.21. The van der Waals surface area contributed by atoms with Crippen LogP contribution in [0, 0.1) is 18.8 Å². The zero-order valence-corrected chi connectivity index (χ0v) is 16.5. The van der Waals surface area contributed by atoms with Gasteiger partial charge in [0.15, 0.2) is 0 Å². The molecule has 0 radical (unpaired) electrons. The molecule has 1 heteroatoms. The molecule has 3 rings (SSSR count). The van der Waals surface area contributed by atoms with Gasteiger partial charge in [0.1, 0.15) is 12.4 Å². The molecule has 0 spiro atoms. The highest BCUT2D eigenvalue weighted by Crippen LogP contribution is 2.31. The molecule has 1 atom stereocenters. The van der Waals surface area contributed by atoms with E-state index in [2.05, 4.69) is 62.4 Å². The van der Waals surface area contributed by atoms with Crippen molar-refractivity contribution < 1.29 is 4.74 Å². The first kappa shape index (κ1) is 19.0. The van der Waals surface area contributed by atoms with E-state index in [9.17, 15) is 0 Å². The van der Waals surface area contributed by atoms with E-state index in [1.165, 1.54) is 61.6 Å². The van der Waals surface area contributed by atoms with Crippen molar-refractivity contribution in [3.05, 3.63) is 65.2 Å². The molecule has 0 N–H and O–H groups in total. The molecule has 0 saturated heterocycles. The van der Waals surface area contributed by atoms with Gasteiger partial charge in [0.2, 0.25) is 0 Å². The van der Waals surface area contributed by atoms with Gasteiger partial charge in [-0.2, -0.15) is 0 Å². The number of benzene rings is 2. The highest BCUT2D eigenvalue weighted by Gasteiger charge is 2.17. The summed E-state index contributed by atoms with van der Waals surface area (Å²) < 4.78 is 6.19. The molecule has 0 aromatic heterocycles. The van der Waals surface area contributed by atoms with Crippen molar-refractivity contribution in [2.45, 2.75) is 71.8 Å². The molecule has 1 saturated carbocycles. The van der Waals surface area contributed by atoms with Crippen LogP contribution in [0.15, 0.2) is 48.5 Å². The highest BCUT2D eigenvalue weighted by atomic mass is 16.5. The lowest BCUT2D eigenvalue weighted by Gasteiger charge is -2.24. The molecular weight excluding hydrogens is 316 g/mol. The van der Waals surface area contributed by atoms with Crippen molar-refractivity contribution in [1.29, 1.82) is 0 Å². The molecule has 1 fully saturated rings. The maximum atomic E-state index is 6.19. The number of aryl methyl sites for hydroxylation is 2. The molecule has 2 aromatic carbocycles. The molecule has 1 aliphatic carbocycles. The summed E-state index contributed by atoms with van der Waals surface area (Å²) in [6.45, 7) is 5.24. The monoisotopic (exact) mass is 350 g/mol. The summed E-state index contributed by atoms with van der Waals surface area (Å²) in [6, 6.07) is 17.1. The van der Waals surface area contributed by atoms with E-state index in [1.807, 2.05) is 0 Å². The highest BCUT2D eigenvalue weighted by molar-refractivity contribution is 5.34. The van der Waals surface area contributed by atoms with Crippen molar-refractivity contribution in [2.24, 2.45) is 11.8 Å². The molecule has 2 aromatic rings. The van der Waals surface area contributed by atoms with Crippen LogP contribution in [0.1, 0.15) is 68.6 Å². The Bertz CT molecular complexity index is 669.